The highest BCUT2D eigenvalue weighted by Gasteiger charge is 2.33. The Hall–Kier alpha value is -2.84. The molecule has 0 atom stereocenters. The van der Waals surface area contributed by atoms with Crippen molar-refractivity contribution >= 4 is 69.4 Å². The van der Waals surface area contributed by atoms with E-state index in [1.807, 2.05) is 48.5 Å². The molecular weight excluding hydrogens is 499 g/mol. The van der Waals surface area contributed by atoms with E-state index in [4.69, 9.17) is 40.2 Å². The van der Waals surface area contributed by atoms with Gasteiger partial charge in [-0.1, -0.05) is 65.3 Å². The third-order valence-electron chi connectivity index (χ3n) is 4.57. The van der Waals surface area contributed by atoms with Gasteiger partial charge in [0.25, 0.3) is 11.8 Å². The van der Waals surface area contributed by atoms with Gasteiger partial charge in [-0.3, -0.25) is 15.0 Å². The van der Waals surface area contributed by atoms with Crippen LogP contribution in [0, 0.1) is 0 Å². The molecule has 33 heavy (non-hydrogen) atoms. The highest BCUT2D eigenvalue weighted by Crippen LogP contribution is 2.32. The summed E-state index contributed by atoms with van der Waals surface area (Å²) in [6, 6.07) is 21.2. The van der Waals surface area contributed by atoms with Gasteiger partial charge in [0.15, 0.2) is 4.32 Å². The van der Waals surface area contributed by atoms with Crippen molar-refractivity contribution in [3.63, 3.8) is 0 Å². The number of hydrazine groups is 1. The Kier molecular flexibility index (Phi) is 7.35. The van der Waals surface area contributed by atoms with Crippen LogP contribution in [0.25, 0.3) is 6.08 Å². The first-order valence-electron chi connectivity index (χ1n) is 9.71. The summed E-state index contributed by atoms with van der Waals surface area (Å²) in [6.07, 6.45) is 1.71. The number of benzene rings is 3. The number of thiocarbonyl (C=S) groups is 1. The topological polar surface area (TPSA) is 58.6 Å². The quantitative estimate of drug-likeness (QED) is 0.317. The first-order valence-corrected chi connectivity index (χ1v) is 11.7. The van der Waals surface area contributed by atoms with Crippen molar-refractivity contribution in [2.45, 2.75) is 6.61 Å². The van der Waals surface area contributed by atoms with Crippen molar-refractivity contribution in [2.24, 2.45) is 0 Å². The molecular formula is C24H16Cl2N2O3S2. The highest BCUT2D eigenvalue weighted by molar-refractivity contribution is 8.26. The van der Waals surface area contributed by atoms with Crippen LogP contribution >= 0.6 is 47.2 Å². The van der Waals surface area contributed by atoms with E-state index in [2.05, 4.69) is 5.43 Å². The van der Waals surface area contributed by atoms with Crippen molar-refractivity contribution in [2.75, 3.05) is 0 Å². The predicted molar refractivity (Wildman–Crippen MR) is 136 cm³/mol. The van der Waals surface area contributed by atoms with E-state index in [1.54, 1.807) is 24.3 Å². The van der Waals surface area contributed by atoms with Gasteiger partial charge in [-0.25, -0.2) is 0 Å². The average molecular weight is 515 g/mol. The number of halogens is 2. The van der Waals surface area contributed by atoms with E-state index >= 15 is 0 Å². The molecule has 0 aromatic heterocycles. The summed E-state index contributed by atoms with van der Waals surface area (Å²) in [5.41, 5.74) is 4.62. The number of amides is 2. The summed E-state index contributed by atoms with van der Waals surface area (Å²) < 4.78 is 6.08. The Morgan fingerprint density at radius 3 is 2.55 bits per heavy atom. The monoisotopic (exact) mass is 514 g/mol. The Morgan fingerprint density at radius 2 is 1.79 bits per heavy atom. The summed E-state index contributed by atoms with van der Waals surface area (Å²) >= 11 is 18.2. The predicted octanol–water partition coefficient (Wildman–Crippen LogP) is 6.12. The average Bonchev–Trinajstić information content (AvgIpc) is 3.06. The van der Waals surface area contributed by atoms with E-state index < -0.39 is 11.8 Å². The number of nitrogens with zero attached hydrogens (tertiary/aromatic N) is 1. The fourth-order valence-electron chi connectivity index (χ4n) is 2.95. The van der Waals surface area contributed by atoms with E-state index in [9.17, 15) is 9.59 Å². The zero-order chi connectivity index (χ0) is 23.4. The number of hydrogen-bond donors (Lipinski definition) is 1. The Morgan fingerprint density at radius 1 is 1.03 bits per heavy atom. The first-order chi connectivity index (χ1) is 15.9. The molecule has 1 N–H and O–H groups in total. The second kappa shape index (κ2) is 10.4. The maximum Gasteiger partial charge on any atom is 0.285 e. The lowest BCUT2D eigenvalue weighted by atomic mass is 10.2. The summed E-state index contributed by atoms with van der Waals surface area (Å²) in [5.74, 6) is -0.232. The van der Waals surface area contributed by atoms with Crippen LogP contribution in [0.15, 0.2) is 77.7 Å². The summed E-state index contributed by atoms with van der Waals surface area (Å²) in [4.78, 5) is 25.7. The van der Waals surface area contributed by atoms with Crippen LogP contribution < -0.4 is 10.2 Å². The van der Waals surface area contributed by atoms with Gasteiger partial charge in [0.1, 0.15) is 12.4 Å². The van der Waals surface area contributed by atoms with Crippen LogP contribution in [0.5, 0.6) is 5.75 Å². The standard InChI is InChI=1S/C24H16Cl2N2O3S2/c25-18-9-7-15(8-10-18)14-31-20-6-1-3-16(11-20)12-21-23(30)28(24(32)33-21)27-22(29)17-4-2-5-19(26)13-17/h1-13H,14H2,(H,27,29)/b21-12+. The van der Waals surface area contributed by atoms with Crippen molar-refractivity contribution in [1.82, 2.24) is 10.4 Å². The number of nitrogens with one attached hydrogen (secondary N) is 1. The van der Waals surface area contributed by atoms with Gasteiger partial charge in [-0.2, -0.15) is 5.01 Å². The molecule has 0 radical (unpaired) electrons. The first kappa shape index (κ1) is 23.3. The zero-order valence-corrected chi connectivity index (χ0v) is 20.1. The molecule has 3 aromatic rings. The van der Waals surface area contributed by atoms with E-state index in [-0.39, 0.29) is 4.32 Å². The lowest BCUT2D eigenvalue weighted by Gasteiger charge is -2.15. The smallest absolute Gasteiger partial charge is 0.285 e. The van der Waals surface area contributed by atoms with Crippen LogP contribution in [0.3, 0.4) is 0 Å². The molecule has 9 heteroatoms. The minimum absolute atomic E-state index is 0.233. The molecule has 5 nitrogen and oxygen atoms in total. The largest absolute Gasteiger partial charge is 0.489 e. The third-order valence-corrected chi connectivity index (χ3v) is 6.36. The Balaban J connectivity index is 1.44. The SMILES string of the molecule is O=C(NN1C(=O)/C(=C\c2cccc(OCc3ccc(Cl)cc3)c2)SC1=S)c1cccc(Cl)c1. The molecule has 1 aliphatic rings. The van der Waals surface area contributed by atoms with E-state index in [0.29, 0.717) is 32.9 Å². The Labute approximate surface area is 210 Å². The van der Waals surface area contributed by atoms with Crippen molar-refractivity contribution in [3.8, 4) is 5.75 Å². The molecule has 1 heterocycles. The molecule has 3 aromatic carbocycles. The lowest BCUT2D eigenvalue weighted by Crippen LogP contribution is -2.44. The molecule has 0 aliphatic carbocycles. The molecule has 1 fully saturated rings. The van der Waals surface area contributed by atoms with Crippen LogP contribution in [0.2, 0.25) is 10.0 Å². The van der Waals surface area contributed by atoms with Gasteiger partial charge in [-0.15, -0.1) is 0 Å². The lowest BCUT2D eigenvalue weighted by molar-refractivity contribution is -0.123. The number of carbonyl (C=O) groups is 2. The van der Waals surface area contributed by atoms with Crippen molar-refractivity contribution in [3.05, 3.63) is 104 Å². The molecule has 2 amide bonds. The number of thioether (sulfide) groups is 1. The van der Waals surface area contributed by atoms with Gasteiger partial charge in [0, 0.05) is 15.6 Å². The van der Waals surface area contributed by atoms with Gasteiger partial charge >= 0.3 is 0 Å². The second-order valence-electron chi connectivity index (χ2n) is 6.96. The molecule has 0 unspecified atom stereocenters. The fourth-order valence-corrected chi connectivity index (χ4v) is 4.45. The minimum atomic E-state index is -0.479. The van der Waals surface area contributed by atoms with E-state index in [1.165, 1.54) is 6.07 Å². The van der Waals surface area contributed by atoms with Gasteiger partial charge in [0.05, 0.1) is 4.91 Å². The zero-order valence-electron chi connectivity index (χ0n) is 17.0. The van der Waals surface area contributed by atoms with Crippen molar-refractivity contribution < 1.29 is 14.3 Å². The van der Waals surface area contributed by atoms with Crippen molar-refractivity contribution in [1.29, 1.82) is 0 Å². The van der Waals surface area contributed by atoms with E-state index in [0.717, 1.165) is 27.9 Å². The number of hydrogen-bond acceptors (Lipinski definition) is 5. The summed E-state index contributed by atoms with van der Waals surface area (Å²) in [7, 11) is 0. The van der Waals surface area contributed by atoms with Crippen LogP contribution in [0.4, 0.5) is 0 Å². The molecule has 0 saturated carbocycles. The molecule has 166 valence electrons. The fraction of sp³-hybridized carbons (Fsp3) is 0.0417. The van der Waals surface area contributed by atoms with Gasteiger partial charge < -0.3 is 4.74 Å². The molecule has 1 saturated heterocycles. The number of ether oxygens (including phenoxy) is 1. The maximum atomic E-state index is 12.8. The maximum absolute atomic E-state index is 12.8. The number of rotatable bonds is 6. The number of carbonyl (C=O) groups excluding carboxylic acids is 2. The molecule has 1 aliphatic heterocycles. The summed E-state index contributed by atoms with van der Waals surface area (Å²) in [5, 5.41) is 2.16. The second-order valence-corrected chi connectivity index (χ2v) is 9.50. The highest BCUT2D eigenvalue weighted by atomic mass is 35.5. The molecule has 0 spiro atoms. The molecule has 4 rings (SSSR count). The molecule has 0 bridgehead atoms. The van der Waals surface area contributed by atoms with Gasteiger partial charge in [-0.05, 0) is 71.9 Å². The normalized spacial score (nSPS) is 14.6. The van der Waals surface area contributed by atoms with Crippen LogP contribution in [0.1, 0.15) is 21.5 Å². The summed E-state index contributed by atoms with van der Waals surface area (Å²) in [6.45, 7) is 0.387. The minimum Gasteiger partial charge on any atom is -0.489 e. The van der Waals surface area contributed by atoms with Crippen LogP contribution in [-0.2, 0) is 11.4 Å². The third kappa shape index (κ3) is 5.94. The van der Waals surface area contributed by atoms with Crippen LogP contribution in [-0.4, -0.2) is 21.1 Å². The Bertz CT molecular complexity index is 1260. The van der Waals surface area contributed by atoms with Gasteiger partial charge in [0.2, 0.25) is 0 Å².